The van der Waals surface area contributed by atoms with Crippen molar-refractivity contribution in [2.45, 2.75) is 12.6 Å². The fraction of sp³-hybridized carbons (Fsp3) is 0.400. The van der Waals surface area contributed by atoms with E-state index in [1.807, 2.05) is 30.3 Å². The van der Waals surface area contributed by atoms with Crippen molar-refractivity contribution in [3.63, 3.8) is 0 Å². The Morgan fingerprint density at radius 2 is 1.71 bits per heavy atom. The van der Waals surface area contributed by atoms with E-state index in [9.17, 15) is 5.11 Å². The lowest BCUT2D eigenvalue weighted by atomic mass is 10.1. The van der Waals surface area contributed by atoms with Crippen LogP contribution in [0, 0.1) is 0 Å². The van der Waals surface area contributed by atoms with Crippen molar-refractivity contribution in [3.8, 4) is 0 Å². The normalized spacial score (nSPS) is 16.4. The van der Waals surface area contributed by atoms with Crippen LogP contribution in [0.25, 0.3) is 0 Å². The summed E-state index contributed by atoms with van der Waals surface area (Å²) in [7, 11) is 2.06. The van der Waals surface area contributed by atoms with Gasteiger partial charge in [0.2, 0.25) is 0 Å². The van der Waals surface area contributed by atoms with Crippen LogP contribution in [0.1, 0.15) is 17.2 Å². The minimum absolute atomic E-state index is 0.466. The van der Waals surface area contributed by atoms with Gasteiger partial charge in [-0.2, -0.15) is 0 Å². The quantitative estimate of drug-likeness (QED) is 0.885. The Morgan fingerprint density at radius 3 is 2.46 bits per heavy atom. The van der Waals surface area contributed by atoms with Crippen LogP contribution >= 0.6 is 0 Å². The van der Waals surface area contributed by atoms with Crippen molar-refractivity contribution in [3.05, 3.63) is 65.7 Å². The summed E-state index contributed by atoms with van der Waals surface area (Å²) in [4.78, 5) is 4.57. The number of benzene rings is 2. The van der Waals surface area contributed by atoms with E-state index in [0.717, 1.165) is 38.4 Å². The molecule has 1 aliphatic heterocycles. The Bertz CT molecular complexity index is 627. The number of hydrogen-bond donors (Lipinski definition) is 1. The zero-order valence-electron chi connectivity index (χ0n) is 14.3. The van der Waals surface area contributed by atoms with E-state index in [1.54, 1.807) is 0 Å². The molecule has 4 heteroatoms. The smallest absolute Gasteiger partial charge is 0.0916 e. The van der Waals surface area contributed by atoms with Crippen LogP contribution in [0.4, 0.5) is 5.69 Å². The average molecular weight is 326 g/mol. The largest absolute Gasteiger partial charge is 0.387 e. The van der Waals surface area contributed by atoms with Gasteiger partial charge in [0.1, 0.15) is 0 Å². The summed E-state index contributed by atoms with van der Waals surface area (Å²) < 4.78 is 5.46. The molecular formula is C20H26N2O2. The molecule has 2 aromatic rings. The number of nitrogens with zero attached hydrogens (tertiary/aromatic N) is 2. The first-order valence-corrected chi connectivity index (χ1v) is 8.56. The lowest BCUT2D eigenvalue weighted by molar-refractivity contribution is 0.121. The molecule has 2 aromatic carbocycles. The Morgan fingerprint density at radius 1 is 1.04 bits per heavy atom. The molecule has 0 bridgehead atoms. The van der Waals surface area contributed by atoms with Gasteiger partial charge in [0.25, 0.3) is 0 Å². The zero-order valence-corrected chi connectivity index (χ0v) is 14.3. The fourth-order valence-corrected chi connectivity index (χ4v) is 3.19. The second kappa shape index (κ2) is 8.29. The molecule has 0 radical (unpaired) electrons. The van der Waals surface area contributed by atoms with Crippen LogP contribution in [-0.2, 0) is 11.3 Å². The van der Waals surface area contributed by atoms with E-state index in [4.69, 9.17) is 4.74 Å². The molecule has 24 heavy (non-hydrogen) atoms. The van der Waals surface area contributed by atoms with Crippen LogP contribution in [0.3, 0.4) is 0 Å². The lowest BCUT2D eigenvalue weighted by Crippen LogP contribution is -2.37. The Labute approximate surface area is 144 Å². The number of anilines is 1. The van der Waals surface area contributed by atoms with Crippen LogP contribution in [0.15, 0.2) is 54.6 Å². The lowest BCUT2D eigenvalue weighted by Gasteiger charge is -2.31. The molecule has 128 valence electrons. The first-order chi connectivity index (χ1) is 11.7. The maximum atomic E-state index is 10.4. The summed E-state index contributed by atoms with van der Waals surface area (Å²) in [5.74, 6) is 0. The summed E-state index contributed by atoms with van der Waals surface area (Å²) in [5, 5.41) is 10.4. The van der Waals surface area contributed by atoms with Crippen molar-refractivity contribution < 1.29 is 9.84 Å². The predicted molar refractivity (Wildman–Crippen MR) is 97.2 cm³/mol. The van der Waals surface area contributed by atoms with Crippen LogP contribution in [0.2, 0.25) is 0 Å². The molecule has 0 unspecified atom stereocenters. The number of para-hydroxylation sites is 1. The molecule has 3 rings (SSSR count). The molecule has 1 atom stereocenters. The third kappa shape index (κ3) is 4.35. The van der Waals surface area contributed by atoms with E-state index in [0.29, 0.717) is 6.54 Å². The van der Waals surface area contributed by atoms with E-state index in [-0.39, 0.29) is 0 Å². The number of hydrogen-bond acceptors (Lipinski definition) is 4. The number of morpholine rings is 1. The van der Waals surface area contributed by atoms with E-state index in [1.165, 1.54) is 11.3 Å². The summed E-state index contributed by atoms with van der Waals surface area (Å²) in [6.07, 6.45) is -0.466. The van der Waals surface area contributed by atoms with E-state index >= 15 is 0 Å². The highest BCUT2D eigenvalue weighted by atomic mass is 16.5. The minimum Gasteiger partial charge on any atom is -0.387 e. The summed E-state index contributed by atoms with van der Waals surface area (Å²) >= 11 is 0. The average Bonchev–Trinajstić information content (AvgIpc) is 2.63. The second-order valence-corrected chi connectivity index (χ2v) is 6.35. The zero-order chi connectivity index (χ0) is 16.8. The number of aliphatic hydroxyl groups is 1. The van der Waals surface area contributed by atoms with Gasteiger partial charge in [-0.05, 0) is 24.2 Å². The third-order valence-corrected chi connectivity index (χ3v) is 4.45. The highest BCUT2D eigenvalue weighted by Crippen LogP contribution is 2.23. The molecule has 0 aromatic heterocycles. The van der Waals surface area contributed by atoms with Gasteiger partial charge in [0, 0.05) is 31.9 Å². The molecular weight excluding hydrogens is 300 g/mol. The molecule has 0 amide bonds. The fourth-order valence-electron chi connectivity index (χ4n) is 3.19. The molecule has 1 N–H and O–H groups in total. The Balaban J connectivity index is 1.65. The van der Waals surface area contributed by atoms with Gasteiger partial charge in [-0.15, -0.1) is 0 Å². The monoisotopic (exact) mass is 326 g/mol. The van der Waals surface area contributed by atoms with Gasteiger partial charge < -0.3 is 14.7 Å². The van der Waals surface area contributed by atoms with Crippen molar-refractivity contribution in [2.75, 3.05) is 44.8 Å². The standard InChI is InChI=1S/C20H26N2O2/c1-21(16-20(23)17-7-3-2-4-8-17)15-18-9-5-6-10-19(18)22-11-13-24-14-12-22/h2-10,20,23H,11-16H2,1H3/t20-/m1/s1. The molecule has 0 aliphatic carbocycles. The summed E-state index contributed by atoms with van der Waals surface area (Å²) in [6.45, 7) is 4.88. The van der Waals surface area contributed by atoms with Crippen LogP contribution in [-0.4, -0.2) is 49.9 Å². The van der Waals surface area contributed by atoms with Gasteiger partial charge in [0.05, 0.1) is 19.3 Å². The van der Waals surface area contributed by atoms with Gasteiger partial charge in [0.15, 0.2) is 0 Å². The first kappa shape index (κ1) is 17.0. The van der Waals surface area contributed by atoms with Gasteiger partial charge in [-0.25, -0.2) is 0 Å². The van der Waals surface area contributed by atoms with E-state index in [2.05, 4.69) is 41.1 Å². The van der Waals surface area contributed by atoms with Crippen molar-refractivity contribution in [1.29, 1.82) is 0 Å². The molecule has 1 heterocycles. The molecule has 0 saturated carbocycles. The first-order valence-electron chi connectivity index (χ1n) is 8.56. The maximum Gasteiger partial charge on any atom is 0.0916 e. The highest BCUT2D eigenvalue weighted by molar-refractivity contribution is 5.53. The molecule has 4 nitrogen and oxygen atoms in total. The number of aliphatic hydroxyl groups excluding tert-OH is 1. The molecule has 1 aliphatic rings. The third-order valence-electron chi connectivity index (χ3n) is 4.45. The SMILES string of the molecule is CN(Cc1ccccc1N1CCOCC1)C[C@@H](O)c1ccccc1. The Kier molecular flexibility index (Phi) is 5.86. The van der Waals surface area contributed by atoms with Gasteiger partial charge in [-0.3, -0.25) is 4.90 Å². The van der Waals surface area contributed by atoms with Crippen molar-refractivity contribution in [2.24, 2.45) is 0 Å². The van der Waals surface area contributed by atoms with Crippen molar-refractivity contribution in [1.82, 2.24) is 4.90 Å². The molecule has 1 saturated heterocycles. The topological polar surface area (TPSA) is 35.9 Å². The summed E-state index contributed by atoms with van der Waals surface area (Å²) in [6, 6.07) is 18.4. The van der Waals surface area contributed by atoms with Gasteiger partial charge in [-0.1, -0.05) is 48.5 Å². The maximum absolute atomic E-state index is 10.4. The Hall–Kier alpha value is -1.88. The number of ether oxygens (including phenoxy) is 1. The van der Waals surface area contributed by atoms with Crippen LogP contribution < -0.4 is 4.90 Å². The summed E-state index contributed by atoms with van der Waals surface area (Å²) in [5.41, 5.74) is 3.54. The number of likely N-dealkylation sites (N-methyl/N-ethyl adjacent to an activating group) is 1. The predicted octanol–water partition coefficient (Wildman–Crippen LogP) is 2.69. The highest BCUT2D eigenvalue weighted by Gasteiger charge is 2.16. The molecule has 0 spiro atoms. The van der Waals surface area contributed by atoms with E-state index < -0.39 is 6.10 Å². The van der Waals surface area contributed by atoms with Crippen molar-refractivity contribution >= 4 is 5.69 Å². The van der Waals surface area contributed by atoms with Gasteiger partial charge >= 0.3 is 0 Å². The minimum atomic E-state index is -0.466. The number of rotatable bonds is 6. The molecule has 1 fully saturated rings. The second-order valence-electron chi connectivity index (χ2n) is 6.35. The van der Waals surface area contributed by atoms with Crippen LogP contribution in [0.5, 0.6) is 0 Å².